The molecule has 1 aromatic carbocycles. The second-order valence-corrected chi connectivity index (χ2v) is 9.46. The maximum Gasteiger partial charge on any atom is 0.410 e. The molecule has 0 N–H and O–H groups in total. The molecule has 1 aliphatic rings. The highest BCUT2D eigenvalue weighted by Gasteiger charge is 2.34. The van der Waals surface area contributed by atoms with Crippen LogP contribution in [-0.2, 0) is 30.8 Å². The van der Waals surface area contributed by atoms with Crippen molar-refractivity contribution in [2.24, 2.45) is 0 Å². The minimum atomic E-state index is -3.83. The molecule has 1 amide bonds. The zero-order chi connectivity index (χ0) is 20.9. The summed E-state index contributed by atoms with van der Waals surface area (Å²) in [6, 6.07) is 6.25. The van der Waals surface area contributed by atoms with Crippen molar-refractivity contribution in [1.29, 1.82) is 0 Å². The molecule has 0 aromatic heterocycles. The first-order chi connectivity index (χ1) is 13.0. The number of amides is 1. The van der Waals surface area contributed by atoms with E-state index in [2.05, 4.69) is 4.74 Å². The predicted molar refractivity (Wildman–Crippen MR) is 103 cm³/mol. The van der Waals surface area contributed by atoms with Crippen LogP contribution in [0.25, 0.3) is 0 Å². The molecule has 1 fully saturated rings. The van der Waals surface area contributed by atoms with E-state index in [0.29, 0.717) is 18.7 Å². The molecule has 0 radical (unpaired) electrons. The van der Waals surface area contributed by atoms with Crippen molar-refractivity contribution < 1.29 is 31.7 Å². The van der Waals surface area contributed by atoms with Gasteiger partial charge in [0.2, 0.25) is 0 Å². The number of benzene rings is 1. The van der Waals surface area contributed by atoms with Crippen molar-refractivity contribution in [1.82, 2.24) is 4.90 Å². The maximum atomic E-state index is 12.5. The Hall–Kier alpha value is -2.29. The molecule has 28 heavy (non-hydrogen) atoms. The summed E-state index contributed by atoms with van der Waals surface area (Å²) in [7, 11) is -2.53. The molecule has 156 valence electrons. The largest absolute Gasteiger partial charge is 0.469 e. The molecule has 9 heteroatoms. The van der Waals surface area contributed by atoms with Crippen LogP contribution in [0.3, 0.4) is 0 Å². The summed E-state index contributed by atoms with van der Waals surface area (Å²) in [4.78, 5) is 24.9. The molecule has 1 aromatic rings. The molecule has 0 saturated carbocycles. The standard InChI is InChI=1S/C19H27NO7S/c1-19(2,3)26-18(22)20-11-9-16(10-12-20)28(23,24)27-15-7-5-14(6-8-15)13-17(21)25-4/h5-8,16H,9-13H2,1-4H3. The van der Waals surface area contributed by atoms with E-state index in [4.69, 9.17) is 8.92 Å². The van der Waals surface area contributed by atoms with Crippen molar-refractivity contribution in [2.75, 3.05) is 20.2 Å². The lowest BCUT2D eigenvalue weighted by Gasteiger charge is -2.32. The molecule has 1 aliphatic heterocycles. The van der Waals surface area contributed by atoms with Crippen LogP contribution in [0.15, 0.2) is 24.3 Å². The lowest BCUT2D eigenvalue weighted by molar-refractivity contribution is -0.139. The fourth-order valence-corrected chi connectivity index (χ4v) is 4.06. The monoisotopic (exact) mass is 413 g/mol. The Bertz CT molecular complexity index is 789. The van der Waals surface area contributed by atoms with E-state index in [1.54, 1.807) is 32.9 Å². The first kappa shape index (κ1) is 22.0. The fraction of sp³-hybridized carbons (Fsp3) is 0.579. The van der Waals surface area contributed by atoms with Gasteiger partial charge in [-0.15, -0.1) is 0 Å². The Kier molecular flexibility index (Phi) is 6.92. The number of esters is 1. The average Bonchev–Trinajstić information content (AvgIpc) is 2.61. The zero-order valence-electron chi connectivity index (χ0n) is 16.6. The van der Waals surface area contributed by atoms with Crippen molar-refractivity contribution in [2.45, 2.75) is 50.9 Å². The van der Waals surface area contributed by atoms with E-state index in [0.717, 1.165) is 0 Å². The Balaban J connectivity index is 1.92. The maximum absolute atomic E-state index is 12.5. The molecule has 1 heterocycles. The van der Waals surface area contributed by atoms with E-state index in [1.807, 2.05) is 0 Å². The number of carbonyl (C=O) groups excluding carboxylic acids is 2. The van der Waals surface area contributed by atoms with Gasteiger partial charge in [-0.05, 0) is 51.3 Å². The van der Waals surface area contributed by atoms with Gasteiger partial charge in [0.1, 0.15) is 16.6 Å². The molecular weight excluding hydrogens is 386 g/mol. The topological polar surface area (TPSA) is 99.2 Å². The number of piperidine rings is 1. The van der Waals surface area contributed by atoms with Crippen LogP contribution in [0, 0.1) is 0 Å². The van der Waals surface area contributed by atoms with Gasteiger partial charge in [0, 0.05) is 13.1 Å². The van der Waals surface area contributed by atoms with E-state index >= 15 is 0 Å². The minimum Gasteiger partial charge on any atom is -0.469 e. The third-order valence-electron chi connectivity index (χ3n) is 4.21. The molecular formula is C19H27NO7S. The molecule has 0 unspecified atom stereocenters. The van der Waals surface area contributed by atoms with Gasteiger partial charge in [0.15, 0.2) is 0 Å². The first-order valence-electron chi connectivity index (χ1n) is 9.07. The summed E-state index contributed by atoms with van der Waals surface area (Å²) in [6.07, 6.45) is 0.224. The average molecular weight is 413 g/mol. The summed E-state index contributed by atoms with van der Waals surface area (Å²) in [5, 5.41) is -0.694. The van der Waals surface area contributed by atoms with Gasteiger partial charge >= 0.3 is 22.2 Å². The number of methoxy groups -OCH3 is 1. The zero-order valence-corrected chi connectivity index (χ0v) is 17.5. The number of nitrogens with zero attached hydrogens (tertiary/aromatic N) is 1. The molecule has 2 rings (SSSR count). The molecule has 0 spiro atoms. The normalized spacial score (nSPS) is 15.8. The third kappa shape index (κ3) is 6.40. The van der Waals surface area contributed by atoms with Crippen molar-refractivity contribution in [3.8, 4) is 5.75 Å². The number of rotatable bonds is 5. The van der Waals surface area contributed by atoms with Gasteiger partial charge in [-0.3, -0.25) is 4.79 Å². The molecule has 1 saturated heterocycles. The van der Waals surface area contributed by atoms with Gasteiger partial charge in [0.05, 0.1) is 13.5 Å². The van der Waals surface area contributed by atoms with E-state index < -0.39 is 27.1 Å². The SMILES string of the molecule is COC(=O)Cc1ccc(OS(=O)(=O)C2CCN(C(=O)OC(C)(C)C)CC2)cc1. The van der Waals surface area contributed by atoms with Crippen LogP contribution in [-0.4, -0.2) is 56.4 Å². The van der Waals surface area contributed by atoms with Gasteiger partial charge in [-0.25, -0.2) is 4.79 Å². The van der Waals surface area contributed by atoms with Gasteiger partial charge in [0.25, 0.3) is 0 Å². The fourth-order valence-electron chi connectivity index (χ4n) is 2.76. The van der Waals surface area contributed by atoms with Crippen LogP contribution in [0.4, 0.5) is 4.79 Å². The number of ether oxygens (including phenoxy) is 2. The smallest absolute Gasteiger partial charge is 0.410 e. The lowest BCUT2D eigenvalue weighted by Crippen LogP contribution is -2.45. The second-order valence-electron chi connectivity index (χ2n) is 7.64. The van der Waals surface area contributed by atoms with Crippen LogP contribution >= 0.6 is 0 Å². The number of carbonyl (C=O) groups is 2. The molecule has 8 nitrogen and oxygen atoms in total. The number of likely N-dealkylation sites (tertiary alicyclic amines) is 1. The Morgan fingerprint density at radius 3 is 2.18 bits per heavy atom. The summed E-state index contributed by atoms with van der Waals surface area (Å²) in [5.41, 5.74) is 0.102. The Morgan fingerprint density at radius 2 is 1.68 bits per heavy atom. The number of hydrogen-bond donors (Lipinski definition) is 0. The number of hydrogen-bond acceptors (Lipinski definition) is 7. The Morgan fingerprint density at radius 1 is 1.11 bits per heavy atom. The first-order valence-corrected chi connectivity index (χ1v) is 10.5. The van der Waals surface area contributed by atoms with Crippen molar-refractivity contribution in [3.63, 3.8) is 0 Å². The van der Waals surface area contributed by atoms with Crippen LogP contribution in [0.1, 0.15) is 39.2 Å². The quantitative estimate of drug-likeness (QED) is 0.540. The third-order valence-corrected chi connectivity index (χ3v) is 5.93. The highest BCUT2D eigenvalue weighted by Crippen LogP contribution is 2.24. The minimum absolute atomic E-state index is 0.104. The lowest BCUT2D eigenvalue weighted by atomic mass is 10.1. The van der Waals surface area contributed by atoms with E-state index in [-0.39, 0.29) is 31.0 Å². The summed E-state index contributed by atoms with van der Waals surface area (Å²) in [5.74, 6) is -0.193. The summed E-state index contributed by atoms with van der Waals surface area (Å²) in [6.45, 7) is 5.94. The van der Waals surface area contributed by atoms with Gasteiger partial charge in [-0.1, -0.05) is 12.1 Å². The summed E-state index contributed by atoms with van der Waals surface area (Å²) >= 11 is 0. The van der Waals surface area contributed by atoms with Gasteiger partial charge in [-0.2, -0.15) is 8.42 Å². The van der Waals surface area contributed by atoms with Crippen LogP contribution in [0.2, 0.25) is 0 Å². The highest BCUT2D eigenvalue weighted by atomic mass is 32.2. The summed E-state index contributed by atoms with van der Waals surface area (Å²) < 4.78 is 40.2. The van der Waals surface area contributed by atoms with Crippen molar-refractivity contribution >= 4 is 22.2 Å². The van der Waals surface area contributed by atoms with Crippen LogP contribution in [0.5, 0.6) is 5.75 Å². The molecule has 0 bridgehead atoms. The second kappa shape index (κ2) is 8.81. The molecule has 0 aliphatic carbocycles. The van der Waals surface area contributed by atoms with Gasteiger partial charge < -0.3 is 18.6 Å². The molecule has 0 atom stereocenters. The van der Waals surface area contributed by atoms with E-state index in [1.165, 1.54) is 24.1 Å². The highest BCUT2D eigenvalue weighted by molar-refractivity contribution is 7.87. The predicted octanol–water partition coefficient (Wildman–Crippen LogP) is 2.51. The van der Waals surface area contributed by atoms with Crippen LogP contribution < -0.4 is 4.18 Å². The van der Waals surface area contributed by atoms with E-state index in [9.17, 15) is 18.0 Å². The van der Waals surface area contributed by atoms with Crippen molar-refractivity contribution in [3.05, 3.63) is 29.8 Å². The Labute approximate surface area is 165 Å².